The van der Waals surface area contributed by atoms with Crippen LogP contribution in [0, 0.1) is 5.82 Å². The van der Waals surface area contributed by atoms with Crippen LogP contribution in [0.2, 0.25) is 0 Å². The maximum Gasteiger partial charge on any atom is 0.416 e. The van der Waals surface area contributed by atoms with Gasteiger partial charge in [0, 0.05) is 12.2 Å². The van der Waals surface area contributed by atoms with Crippen LogP contribution in [0.5, 0.6) is 0 Å². The Morgan fingerprint density at radius 2 is 1.46 bits per heavy atom. The zero-order valence-electron chi connectivity index (χ0n) is 14.4. The lowest BCUT2D eigenvalue weighted by Gasteiger charge is -2.10. The van der Waals surface area contributed by atoms with Crippen LogP contribution in [-0.2, 0) is 12.7 Å². The van der Waals surface area contributed by atoms with Crippen LogP contribution in [0.3, 0.4) is 0 Å². The summed E-state index contributed by atoms with van der Waals surface area (Å²) in [5.74, 6) is -1.87. The largest absolute Gasteiger partial charge is 0.478 e. The standard InChI is InChI=1S/C21H15F4NO2/c22-18-9-16(20(27)28)10-19(11-18)26-12-13-1-3-14(4-2-13)15-5-7-17(8-6-15)21(23,24)25/h1-11,26H,12H2,(H,27,28). The first-order valence-electron chi connectivity index (χ1n) is 8.27. The van der Waals surface area contributed by atoms with Gasteiger partial charge in [0.15, 0.2) is 0 Å². The summed E-state index contributed by atoms with van der Waals surface area (Å²) in [6.07, 6.45) is -4.37. The van der Waals surface area contributed by atoms with Crippen molar-refractivity contribution in [2.75, 3.05) is 5.32 Å². The second-order valence-corrected chi connectivity index (χ2v) is 6.16. The number of carboxylic acid groups (broad SMARTS) is 1. The second kappa shape index (κ2) is 7.72. The summed E-state index contributed by atoms with van der Waals surface area (Å²) in [7, 11) is 0. The fourth-order valence-electron chi connectivity index (χ4n) is 2.69. The number of benzene rings is 3. The molecule has 0 aliphatic carbocycles. The zero-order valence-corrected chi connectivity index (χ0v) is 14.4. The monoisotopic (exact) mass is 389 g/mol. The molecule has 0 fully saturated rings. The Bertz CT molecular complexity index is 981. The fraction of sp³-hybridized carbons (Fsp3) is 0.0952. The molecule has 0 unspecified atom stereocenters. The van der Waals surface area contributed by atoms with E-state index in [9.17, 15) is 22.4 Å². The van der Waals surface area contributed by atoms with E-state index in [1.807, 2.05) is 0 Å². The summed E-state index contributed by atoms with van der Waals surface area (Å²) in [5, 5.41) is 11.9. The van der Waals surface area contributed by atoms with Gasteiger partial charge in [-0.15, -0.1) is 0 Å². The highest BCUT2D eigenvalue weighted by molar-refractivity contribution is 5.88. The molecule has 0 heterocycles. The van der Waals surface area contributed by atoms with Crippen molar-refractivity contribution in [3.05, 3.63) is 89.2 Å². The van der Waals surface area contributed by atoms with Crippen LogP contribution < -0.4 is 5.32 Å². The predicted octanol–water partition coefficient (Wildman–Crippen LogP) is 5.82. The number of nitrogens with one attached hydrogen (secondary N) is 1. The number of alkyl halides is 3. The summed E-state index contributed by atoms with van der Waals surface area (Å²) in [4.78, 5) is 11.0. The molecule has 2 N–H and O–H groups in total. The highest BCUT2D eigenvalue weighted by Gasteiger charge is 2.29. The van der Waals surface area contributed by atoms with Crippen molar-refractivity contribution in [2.24, 2.45) is 0 Å². The van der Waals surface area contributed by atoms with Gasteiger partial charge in [0.05, 0.1) is 11.1 Å². The van der Waals surface area contributed by atoms with Gasteiger partial charge in [-0.2, -0.15) is 13.2 Å². The molecule has 0 aliphatic rings. The molecule has 3 rings (SSSR count). The maximum atomic E-state index is 13.5. The van der Waals surface area contributed by atoms with Crippen molar-refractivity contribution in [2.45, 2.75) is 12.7 Å². The molecular weight excluding hydrogens is 374 g/mol. The zero-order chi connectivity index (χ0) is 20.3. The molecule has 7 heteroatoms. The van der Waals surface area contributed by atoms with E-state index in [-0.39, 0.29) is 5.56 Å². The Balaban J connectivity index is 1.69. The Hall–Kier alpha value is -3.35. The molecule has 0 amide bonds. The van der Waals surface area contributed by atoms with Crippen LogP contribution in [0.25, 0.3) is 11.1 Å². The minimum atomic E-state index is -4.37. The molecule has 144 valence electrons. The fourth-order valence-corrected chi connectivity index (χ4v) is 2.69. The molecule has 0 aliphatic heterocycles. The quantitative estimate of drug-likeness (QED) is 0.541. The van der Waals surface area contributed by atoms with Crippen molar-refractivity contribution in [3.63, 3.8) is 0 Å². The van der Waals surface area contributed by atoms with Gasteiger partial charge in [0.2, 0.25) is 0 Å². The third-order valence-corrected chi connectivity index (χ3v) is 4.14. The van der Waals surface area contributed by atoms with Crippen LogP contribution in [0.1, 0.15) is 21.5 Å². The molecule has 3 aromatic carbocycles. The summed E-state index contributed by atoms with van der Waals surface area (Å²) in [6, 6.07) is 15.5. The molecule has 0 aromatic heterocycles. The van der Waals surface area contributed by atoms with Crippen molar-refractivity contribution in [3.8, 4) is 11.1 Å². The van der Waals surface area contributed by atoms with Crippen molar-refractivity contribution < 1.29 is 27.5 Å². The number of anilines is 1. The van der Waals surface area contributed by atoms with Crippen LogP contribution in [0.4, 0.5) is 23.2 Å². The first-order valence-corrected chi connectivity index (χ1v) is 8.27. The van der Waals surface area contributed by atoms with Crippen LogP contribution in [-0.4, -0.2) is 11.1 Å². The molecule has 28 heavy (non-hydrogen) atoms. The number of aromatic carboxylic acids is 1. The minimum Gasteiger partial charge on any atom is -0.478 e. The smallest absolute Gasteiger partial charge is 0.416 e. The number of carboxylic acids is 1. The molecular formula is C21H15F4NO2. The maximum absolute atomic E-state index is 13.5. The summed E-state index contributed by atoms with van der Waals surface area (Å²) >= 11 is 0. The summed E-state index contributed by atoms with van der Waals surface area (Å²) in [5.41, 5.74) is 1.74. The lowest BCUT2D eigenvalue weighted by Crippen LogP contribution is -2.04. The predicted molar refractivity (Wildman–Crippen MR) is 97.6 cm³/mol. The first kappa shape index (κ1) is 19.4. The van der Waals surface area contributed by atoms with Gasteiger partial charge in [-0.3, -0.25) is 0 Å². The number of carbonyl (C=O) groups is 1. The van der Waals surface area contributed by atoms with E-state index in [2.05, 4.69) is 5.32 Å². The van der Waals surface area contributed by atoms with E-state index in [0.717, 1.165) is 29.3 Å². The lowest BCUT2D eigenvalue weighted by atomic mass is 10.0. The molecule has 0 spiro atoms. The highest BCUT2D eigenvalue weighted by atomic mass is 19.4. The number of hydrogen-bond acceptors (Lipinski definition) is 2. The minimum absolute atomic E-state index is 0.153. The van der Waals surface area contributed by atoms with Gasteiger partial charge < -0.3 is 10.4 Å². The van der Waals surface area contributed by atoms with Gasteiger partial charge in [0.1, 0.15) is 5.82 Å². The summed E-state index contributed by atoms with van der Waals surface area (Å²) < 4.78 is 51.4. The van der Waals surface area contributed by atoms with E-state index in [1.54, 1.807) is 24.3 Å². The van der Waals surface area contributed by atoms with Gasteiger partial charge in [0.25, 0.3) is 0 Å². The normalized spacial score (nSPS) is 11.3. The molecule has 0 saturated carbocycles. The van der Waals surface area contributed by atoms with Gasteiger partial charge in [-0.05, 0) is 47.0 Å². The molecule has 0 saturated heterocycles. The lowest BCUT2D eigenvalue weighted by molar-refractivity contribution is -0.137. The molecule has 3 nitrogen and oxygen atoms in total. The summed E-state index contributed by atoms with van der Waals surface area (Å²) in [6.45, 7) is 0.329. The first-order chi connectivity index (χ1) is 13.2. The molecule has 0 radical (unpaired) electrons. The van der Waals surface area contributed by atoms with E-state index in [1.165, 1.54) is 24.3 Å². The van der Waals surface area contributed by atoms with Crippen molar-refractivity contribution in [1.29, 1.82) is 0 Å². The molecule has 3 aromatic rings. The van der Waals surface area contributed by atoms with Crippen LogP contribution >= 0.6 is 0 Å². The number of hydrogen-bond donors (Lipinski definition) is 2. The second-order valence-electron chi connectivity index (χ2n) is 6.16. The SMILES string of the molecule is O=C(O)c1cc(F)cc(NCc2ccc(-c3ccc(C(F)(F)F)cc3)cc2)c1. The Kier molecular flexibility index (Phi) is 5.35. The van der Waals surface area contributed by atoms with Gasteiger partial charge in [-0.25, -0.2) is 9.18 Å². The average molecular weight is 389 g/mol. The van der Waals surface area contributed by atoms with E-state index in [0.29, 0.717) is 17.8 Å². The molecule has 0 atom stereocenters. The van der Waals surface area contributed by atoms with E-state index < -0.39 is 23.5 Å². The third-order valence-electron chi connectivity index (χ3n) is 4.14. The van der Waals surface area contributed by atoms with Crippen LogP contribution in [0.15, 0.2) is 66.7 Å². The third kappa shape index (κ3) is 4.68. The Morgan fingerprint density at radius 3 is 2.00 bits per heavy atom. The van der Waals surface area contributed by atoms with Gasteiger partial charge >= 0.3 is 12.1 Å². The Morgan fingerprint density at radius 1 is 0.893 bits per heavy atom. The van der Waals surface area contributed by atoms with E-state index in [4.69, 9.17) is 5.11 Å². The van der Waals surface area contributed by atoms with Crippen molar-refractivity contribution >= 4 is 11.7 Å². The Labute approximate surface area is 158 Å². The molecule has 0 bridgehead atoms. The van der Waals surface area contributed by atoms with E-state index >= 15 is 0 Å². The topological polar surface area (TPSA) is 49.3 Å². The average Bonchev–Trinajstić information content (AvgIpc) is 2.66. The van der Waals surface area contributed by atoms with Gasteiger partial charge in [-0.1, -0.05) is 36.4 Å². The highest BCUT2D eigenvalue weighted by Crippen LogP contribution is 2.31. The number of rotatable bonds is 5. The van der Waals surface area contributed by atoms with Crippen molar-refractivity contribution in [1.82, 2.24) is 0 Å². The number of halogens is 4.